The van der Waals surface area contributed by atoms with Crippen LogP contribution in [0.25, 0.3) is 0 Å². The van der Waals surface area contributed by atoms with Crippen molar-refractivity contribution in [3.63, 3.8) is 0 Å². The van der Waals surface area contributed by atoms with Gasteiger partial charge in [-0.3, -0.25) is 0 Å². The summed E-state index contributed by atoms with van der Waals surface area (Å²) >= 11 is 6.00. The Balaban J connectivity index is 1.35. The molecule has 0 bridgehead atoms. The van der Waals surface area contributed by atoms with E-state index in [1.165, 1.54) is 5.56 Å². The van der Waals surface area contributed by atoms with Crippen LogP contribution in [0.1, 0.15) is 30.1 Å². The number of carbonyl (C=O) groups excluding carboxylic acids is 1. The molecule has 2 aromatic rings. The lowest BCUT2D eigenvalue weighted by molar-refractivity contribution is 0.240. The summed E-state index contributed by atoms with van der Waals surface area (Å²) in [6, 6.07) is 7.96. The Morgan fingerprint density at radius 2 is 2.35 bits per heavy atom. The van der Waals surface area contributed by atoms with E-state index in [9.17, 15) is 4.79 Å². The fraction of sp³-hybridized carbons (Fsp3) is 0.412. The second kappa shape index (κ2) is 7.04. The molecule has 6 heteroatoms. The fourth-order valence-electron chi connectivity index (χ4n) is 2.77. The largest absolute Gasteiger partial charge is 0.338 e. The number of nitrogens with one attached hydrogen (secondary N) is 2. The molecule has 0 unspecified atom stereocenters. The molecule has 23 heavy (non-hydrogen) atoms. The molecular formula is C17H21ClN4O. The maximum atomic E-state index is 11.9. The van der Waals surface area contributed by atoms with Gasteiger partial charge in [-0.25, -0.2) is 9.78 Å². The summed E-state index contributed by atoms with van der Waals surface area (Å²) in [4.78, 5) is 16.1. The number of carbonyl (C=O) groups is 1. The van der Waals surface area contributed by atoms with Gasteiger partial charge in [0.1, 0.15) is 5.82 Å². The topological polar surface area (TPSA) is 59.0 Å². The molecular weight excluding hydrogens is 312 g/mol. The minimum absolute atomic E-state index is 0.0955. The first-order chi connectivity index (χ1) is 11.1. The molecule has 1 heterocycles. The van der Waals surface area contributed by atoms with Gasteiger partial charge in [0.2, 0.25) is 0 Å². The van der Waals surface area contributed by atoms with Crippen molar-refractivity contribution in [1.29, 1.82) is 0 Å². The Morgan fingerprint density at radius 1 is 1.48 bits per heavy atom. The maximum absolute atomic E-state index is 11.9. The normalized spacial score (nSPS) is 19.4. The quantitative estimate of drug-likeness (QED) is 0.799. The van der Waals surface area contributed by atoms with Crippen molar-refractivity contribution in [3.8, 4) is 0 Å². The van der Waals surface area contributed by atoms with Gasteiger partial charge in [0.05, 0.1) is 0 Å². The first-order valence-corrected chi connectivity index (χ1v) is 8.29. The van der Waals surface area contributed by atoms with E-state index >= 15 is 0 Å². The monoisotopic (exact) mass is 332 g/mol. The second-order valence-electron chi connectivity index (χ2n) is 5.93. The number of benzene rings is 1. The highest BCUT2D eigenvalue weighted by Gasteiger charge is 2.39. The van der Waals surface area contributed by atoms with Crippen molar-refractivity contribution in [3.05, 3.63) is 53.1 Å². The summed E-state index contributed by atoms with van der Waals surface area (Å²) in [6.07, 6.45) is 5.60. The molecule has 0 aliphatic heterocycles. The molecule has 0 saturated heterocycles. The Labute approximate surface area is 141 Å². The number of rotatable bonds is 6. The van der Waals surface area contributed by atoms with E-state index < -0.39 is 0 Å². The van der Waals surface area contributed by atoms with E-state index in [1.807, 2.05) is 31.3 Å². The number of aryl methyl sites for hydroxylation is 2. The highest BCUT2D eigenvalue weighted by Crippen LogP contribution is 2.41. The van der Waals surface area contributed by atoms with Crippen LogP contribution >= 0.6 is 11.6 Å². The average Bonchev–Trinajstić information content (AvgIpc) is 3.17. The molecule has 2 amide bonds. The summed E-state index contributed by atoms with van der Waals surface area (Å²) in [7, 11) is 0. The Bertz CT molecular complexity index is 685. The van der Waals surface area contributed by atoms with Crippen LogP contribution in [0.2, 0.25) is 5.02 Å². The van der Waals surface area contributed by atoms with Gasteiger partial charge in [-0.05, 0) is 37.5 Å². The molecule has 0 spiro atoms. The molecule has 122 valence electrons. The third kappa shape index (κ3) is 4.26. The van der Waals surface area contributed by atoms with Gasteiger partial charge in [0.15, 0.2) is 0 Å². The van der Waals surface area contributed by atoms with Crippen LogP contribution < -0.4 is 10.6 Å². The van der Waals surface area contributed by atoms with Crippen molar-refractivity contribution in [1.82, 2.24) is 20.2 Å². The van der Waals surface area contributed by atoms with Crippen molar-refractivity contribution < 1.29 is 4.79 Å². The summed E-state index contributed by atoms with van der Waals surface area (Å²) < 4.78 is 2.08. The molecule has 1 aromatic carbocycles. The minimum atomic E-state index is -0.0955. The predicted octanol–water partition coefficient (Wildman–Crippen LogP) is 3.09. The lowest BCUT2D eigenvalue weighted by atomic mass is 10.1. The lowest BCUT2D eigenvalue weighted by Crippen LogP contribution is -2.38. The number of urea groups is 1. The van der Waals surface area contributed by atoms with E-state index in [1.54, 1.807) is 6.20 Å². The third-order valence-corrected chi connectivity index (χ3v) is 4.40. The first-order valence-electron chi connectivity index (χ1n) is 7.91. The summed E-state index contributed by atoms with van der Waals surface area (Å²) in [6.45, 7) is 3.49. The zero-order chi connectivity index (χ0) is 16.2. The molecule has 1 saturated carbocycles. The third-order valence-electron chi connectivity index (χ3n) is 4.17. The van der Waals surface area contributed by atoms with E-state index in [0.29, 0.717) is 12.5 Å². The van der Waals surface area contributed by atoms with Gasteiger partial charge in [0, 0.05) is 42.5 Å². The van der Waals surface area contributed by atoms with E-state index in [-0.39, 0.29) is 12.1 Å². The van der Waals surface area contributed by atoms with Gasteiger partial charge in [-0.15, -0.1) is 0 Å². The smallest absolute Gasteiger partial charge is 0.315 e. The number of halogens is 1. The van der Waals surface area contributed by atoms with Crippen LogP contribution in [0.3, 0.4) is 0 Å². The van der Waals surface area contributed by atoms with Gasteiger partial charge >= 0.3 is 6.03 Å². The van der Waals surface area contributed by atoms with Crippen LogP contribution in [0.4, 0.5) is 4.79 Å². The summed E-state index contributed by atoms with van der Waals surface area (Å²) in [5.41, 5.74) is 1.19. The molecule has 2 atom stereocenters. The molecule has 1 fully saturated rings. The van der Waals surface area contributed by atoms with Crippen LogP contribution in [0, 0.1) is 6.92 Å². The van der Waals surface area contributed by atoms with E-state index in [4.69, 9.17) is 11.6 Å². The standard InChI is InChI=1S/C17H21ClN4O/c1-12-19-7-9-22(12)8-3-6-20-17(23)21-16-11-15(16)13-4-2-5-14(18)10-13/h2,4-5,7,9-10,15-16H,3,6,8,11H2,1H3,(H2,20,21,23)/t15-,16+/m0/s1. The zero-order valence-electron chi connectivity index (χ0n) is 13.1. The molecule has 3 rings (SSSR count). The zero-order valence-corrected chi connectivity index (χ0v) is 13.9. The summed E-state index contributed by atoms with van der Waals surface area (Å²) in [5.74, 6) is 1.38. The molecule has 5 nitrogen and oxygen atoms in total. The second-order valence-corrected chi connectivity index (χ2v) is 6.36. The van der Waals surface area contributed by atoms with Crippen LogP contribution in [-0.2, 0) is 6.54 Å². The highest BCUT2D eigenvalue weighted by atomic mass is 35.5. The van der Waals surface area contributed by atoms with Crippen molar-refractivity contribution in [2.75, 3.05) is 6.54 Å². The van der Waals surface area contributed by atoms with E-state index in [2.05, 4.69) is 26.3 Å². The Morgan fingerprint density at radius 3 is 3.09 bits per heavy atom. The molecule has 0 radical (unpaired) electrons. The lowest BCUT2D eigenvalue weighted by Gasteiger charge is -2.08. The minimum Gasteiger partial charge on any atom is -0.338 e. The molecule has 1 aromatic heterocycles. The van der Waals surface area contributed by atoms with Crippen molar-refractivity contribution in [2.24, 2.45) is 0 Å². The Hall–Kier alpha value is -2.01. The average molecular weight is 333 g/mol. The van der Waals surface area contributed by atoms with E-state index in [0.717, 1.165) is 30.2 Å². The SMILES string of the molecule is Cc1nccn1CCCNC(=O)N[C@@H]1C[C@H]1c1cccc(Cl)c1. The van der Waals surface area contributed by atoms with Crippen LogP contribution in [0.15, 0.2) is 36.7 Å². The van der Waals surface area contributed by atoms with Crippen LogP contribution in [0.5, 0.6) is 0 Å². The molecule has 2 N–H and O–H groups in total. The highest BCUT2D eigenvalue weighted by molar-refractivity contribution is 6.30. The number of aromatic nitrogens is 2. The van der Waals surface area contributed by atoms with Crippen LogP contribution in [-0.4, -0.2) is 28.2 Å². The van der Waals surface area contributed by atoms with Gasteiger partial charge in [-0.1, -0.05) is 23.7 Å². The predicted molar refractivity (Wildman–Crippen MR) is 90.7 cm³/mol. The van der Waals surface area contributed by atoms with Crippen molar-refractivity contribution >= 4 is 17.6 Å². The number of hydrogen-bond acceptors (Lipinski definition) is 2. The van der Waals surface area contributed by atoms with Gasteiger partial charge in [0.25, 0.3) is 0 Å². The maximum Gasteiger partial charge on any atom is 0.315 e. The molecule has 1 aliphatic carbocycles. The number of hydrogen-bond donors (Lipinski definition) is 2. The molecule has 1 aliphatic rings. The first kappa shape index (κ1) is 15.9. The number of amides is 2. The van der Waals surface area contributed by atoms with Gasteiger partial charge in [-0.2, -0.15) is 0 Å². The number of nitrogens with zero attached hydrogens (tertiary/aromatic N) is 2. The fourth-order valence-corrected chi connectivity index (χ4v) is 2.97. The van der Waals surface area contributed by atoms with Gasteiger partial charge < -0.3 is 15.2 Å². The number of imidazole rings is 1. The Kier molecular flexibility index (Phi) is 4.86. The van der Waals surface area contributed by atoms with Crippen molar-refractivity contribution in [2.45, 2.75) is 38.3 Å². The summed E-state index contributed by atoms with van der Waals surface area (Å²) in [5, 5.41) is 6.67.